The van der Waals surface area contributed by atoms with Crippen LogP contribution in [0.3, 0.4) is 0 Å². The number of aryl methyl sites for hydroxylation is 3. The van der Waals surface area contributed by atoms with Crippen LogP contribution >= 0.6 is 0 Å². The van der Waals surface area contributed by atoms with E-state index >= 15 is 0 Å². The lowest BCUT2D eigenvalue weighted by atomic mass is 10.1. The molecule has 4 rings (SSSR count). The number of nitrogens with zero attached hydrogens (tertiary/aromatic N) is 6. The zero-order chi connectivity index (χ0) is 19.8. The summed E-state index contributed by atoms with van der Waals surface area (Å²) in [6.45, 7) is 7.49. The third kappa shape index (κ3) is 3.33. The van der Waals surface area contributed by atoms with Crippen LogP contribution in [-0.4, -0.2) is 41.7 Å². The van der Waals surface area contributed by atoms with Crippen molar-refractivity contribution in [1.29, 1.82) is 0 Å². The standard InChI is InChI=1S/C20H22N6O2/c1-13-4-5-24(11-16-10-21-15(3)9-22-16)19(27)18(13)20(28)25-6-7-26-17(12-25)8-14(2)23-26/h4-5,8-10H,6-7,11-12H2,1-3H3. The predicted molar refractivity (Wildman–Crippen MR) is 103 cm³/mol. The second-order valence-electron chi connectivity index (χ2n) is 7.18. The van der Waals surface area contributed by atoms with Crippen molar-refractivity contribution in [2.24, 2.45) is 0 Å². The molecule has 8 heteroatoms. The van der Waals surface area contributed by atoms with Crippen molar-refractivity contribution in [1.82, 2.24) is 29.2 Å². The molecule has 0 radical (unpaired) electrons. The van der Waals surface area contributed by atoms with Crippen molar-refractivity contribution in [2.45, 2.75) is 40.4 Å². The molecule has 144 valence electrons. The fourth-order valence-corrected chi connectivity index (χ4v) is 3.47. The molecule has 0 aliphatic carbocycles. The summed E-state index contributed by atoms with van der Waals surface area (Å²) in [6, 6.07) is 3.78. The zero-order valence-corrected chi connectivity index (χ0v) is 16.2. The van der Waals surface area contributed by atoms with Crippen LogP contribution in [0.25, 0.3) is 0 Å². The van der Waals surface area contributed by atoms with Crippen LogP contribution in [0.2, 0.25) is 0 Å². The van der Waals surface area contributed by atoms with Crippen LogP contribution < -0.4 is 5.56 Å². The maximum absolute atomic E-state index is 13.2. The monoisotopic (exact) mass is 378 g/mol. The average Bonchev–Trinajstić information content (AvgIpc) is 3.05. The number of aromatic nitrogens is 5. The van der Waals surface area contributed by atoms with E-state index in [1.807, 2.05) is 24.6 Å². The predicted octanol–water partition coefficient (Wildman–Crippen LogP) is 1.46. The van der Waals surface area contributed by atoms with E-state index in [-0.39, 0.29) is 23.6 Å². The molecule has 0 saturated heterocycles. The van der Waals surface area contributed by atoms with Gasteiger partial charge in [-0.05, 0) is 38.5 Å². The van der Waals surface area contributed by atoms with Gasteiger partial charge in [-0.2, -0.15) is 5.10 Å². The van der Waals surface area contributed by atoms with Gasteiger partial charge in [0.2, 0.25) is 0 Å². The van der Waals surface area contributed by atoms with E-state index in [1.165, 1.54) is 4.57 Å². The summed E-state index contributed by atoms with van der Waals surface area (Å²) in [5.74, 6) is -0.239. The smallest absolute Gasteiger partial charge is 0.264 e. The lowest BCUT2D eigenvalue weighted by Crippen LogP contribution is -2.42. The average molecular weight is 378 g/mol. The Kier molecular flexibility index (Phi) is 4.54. The van der Waals surface area contributed by atoms with E-state index < -0.39 is 0 Å². The quantitative estimate of drug-likeness (QED) is 0.689. The van der Waals surface area contributed by atoms with E-state index in [4.69, 9.17) is 0 Å². The molecule has 8 nitrogen and oxygen atoms in total. The van der Waals surface area contributed by atoms with Gasteiger partial charge < -0.3 is 9.47 Å². The highest BCUT2D eigenvalue weighted by atomic mass is 16.2. The third-order valence-corrected chi connectivity index (χ3v) is 4.96. The number of carbonyl (C=O) groups is 1. The molecular weight excluding hydrogens is 356 g/mol. The van der Waals surface area contributed by atoms with Crippen molar-refractivity contribution >= 4 is 5.91 Å². The van der Waals surface area contributed by atoms with Crippen molar-refractivity contribution in [3.8, 4) is 0 Å². The molecule has 0 unspecified atom stereocenters. The van der Waals surface area contributed by atoms with E-state index in [2.05, 4.69) is 15.1 Å². The molecule has 1 amide bonds. The molecule has 0 fully saturated rings. The molecule has 4 heterocycles. The first-order valence-corrected chi connectivity index (χ1v) is 9.22. The van der Waals surface area contributed by atoms with Crippen molar-refractivity contribution in [2.75, 3.05) is 6.54 Å². The third-order valence-electron chi connectivity index (χ3n) is 4.96. The van der Waals surface area contributed by atoms with Crippen LogP contribution in [0.15, 0.2) is 35.5 Å². The molecule has 0 saturated carbocycles. The molecule has 1 aliphatic heterocycles. The van der Waals surface area contributed by atoms with Crippen LogP contribution in [0, 0.1) is 20.8 Å². The van der Waals surface area contributed by atoms with Gasteiger partial charge in [0.15, 0.2) is 0 Å². The number of amides is 1. The number of hydrogen-bond acceptors (Lipinski definition) is 5. The van der Waals surface area contributed by atoms with Crippen molar-refractivity contribution in [3.05, 3.63) is 75.0 Å². The Balaban J connectivity index is 1.63. The summed E-state index contributed by atoms with van der Waals surface area (Å²) >= 11 is 0. The SMILES string of the molecule is Cc1cnc(Cn2ccc(C)c(C(=O)N3CCn4nc(C)cc4C3)c2=O)cn1. The number of carbonyl (C=O) groups excluding carboxylic acids is 1. The van der Waals surface area contributed by atoms with E-state index in [9.17, 15) is 9.59 Å². The first-order chi connectivity index (χ1) is 13.4. The van der Waals surface area contributed by atoms with Gasteiger partial charge in [-0.25, -0.2) is 0 Å². The second kappa shape index (κ2) is 7.03. The fourth-order valence-electron chi connectivity index (χ4n) is 3.47. The van der Waals surface area contributed by atoms with Gasteiger partial charge in [0.25, 0.3) is 11.5 Å². The van der Waals surface area contributed by atoms with Gasteiger partial charge in [0.05, 0.1) is 48.6 Å². The fraction of sp³-hybridized carbons (Fsp3) is 0.350. The minimum absolute atomic E-state index is 0.215. The molecule has 0 spiro atoms. The molecule has 1 aliphatic rings. The Bertz CT molecular complexity index is 1100. The van der Waals surface area contributed by atoms with E-state index in [0.29, 0.717) is 30.9 Å². The summed E-state index contributed by atoms with van der Waals surface area (Å²) in [7, 11) is 0. The van der Waals surface area contributed by atoms with Gasteiger partial charge in [0, 0.05) is 18.9 Å². The van der Waals surface area contributed by atoms with Crippen LogP contribution in [0.5, 0.6) is 0 Å². The Morgan fingerprint density at radius 1 is 1.11 bits per heavy atom. The topological polar surface area (TPSA) is 85.9 Å². The second-order valence-corrected chi connectivity index (χ2v) is 7.18. The summed E-state index contributed by atoms with van der Waals surface area (Å²) < 4.78 is 3.43. The highest BCUT2D eigenvalue weighted by molar-refractivity contribution is 5.95. The zero-order valence-electron chi connectivity index (χ0n) is 16.2. The minimum Gasteiger partial charge on any atom is -0.331 e. The maximum Gasteiger partial charge on any atom is 0.264 e. The van der Waals surface area contributed by atoms with Gasteiger partial charge in [-0.3, -0.25) is 24.2 Å². The van der Waals surface area contributed by atoms with Crippen LogP contribution in [0.4, 0.5) is 0 Å². The van der Waals surface area contributed by atoms with Gasteiger partial charge in [0.1, 0.15) is 5.56 Å². The summed E-state index contributed by atoms with van der Waals surface area (Å²) in [4.78, 5) is 36.4. The van der Waals surface area contributed by atoms with Gasteiger partial charge >= 0.3 is 0 Å². The van der Waals surface area contributed by atoms with Crippen molar-refractivity contribution < 1.29 is 4.79 Å². The van der Waals surface area contributed by atoms with Crippen LogP contribution in [0.1, 0.15) is 38.7 Å². The molecule has 0 atom stereocenters. The Morgan fingerprint density at radius 2 is 1.93 bits per heavy atom. The number of hydrogen-bond donors (Lipinski definition) is 0. The summed E-state index contributed by atoms with van der Waals surface area (Å²) in [5, 5.41) is 4.42. The van der Waals surface area contributed by atoms with Gasteiger partial charge in [-0.1, -0.05) is 0 Å². The summed E-state index contributed by atoms with van der Waals surface area (Å²) in [6.07, 6.45) is 5.02. The molecule has 0 N–H and O–H groups in total. The number of rotatable bonds is 3. The lowest BCUT2D eigenvalue weighted by molar-refractivity contribution is 0.0703. The normalized spacial score (nSPS) is 13.5. The molecule has 0 bridgehead atoms. The molecule has 0 aromatic carbocycles. The molecular formula is C20H22N6O2. The molecule has 3 aromatic rings. The molecule has 28 heavy (non-hydrogen) atoms. The highest BCUT2D eigenvalue weighted by Gasteiger charge is 2.26. The van der Waals surface area contributed by atoms with Gasteiger partial charge in [-0.15, -0.1) is 0 Å². The first kappa shape index (κ1) is 18.1. The van der Waals surface area contributed by atoms with Crippen LogP contribution in [-0.2, 0) is 19.6 Å². The number of fused-ring (bicyclic) bond motifs is 1. The lowest BCUT2D eigenvalue weighted by Gasteiger charge is -2.28. The highest BCUT2D eigenvalue weighted by Crippen LogP contribution is 2.16. The maximum atomic E-state index is 13.2. The largest absolute Gasteiger partial charge is 0.331 e. The Labute approximate surface area is 162 Å². The Hall–Kier alpha value is -3.29. The van der Waals surface area contributed by atoms with E-state index in [1.54, 1.807) is 36.5 Å². The summed E-state index contributed by atoms with van der Waals surface area (Å²) in [5.41, 5.74) is 4.00. The minimum atomic E-state index is -0.303. The Morgan fingerprint density at radius 3 is 2.68 bits per heavy atom. The molecule has 3 aromatic heterocycles. The first-order valence-electron chi connectivity index (χ1n) is 9.22. The number of pyridine rings is 1. The van der Waals surface area contributed by atoms with E-state index in [0.717, 1.165) is 17.1 Å². The van der Waals surface area contributed by atoms with Crippen molar-refractivity contribution in [3.63, 3.8) is 0 Å².